The molecule has 0 radical (unpaired) electrons. The van der Waals surface area contributed by atoms with E-state index in [1.54, 1.807) is 0 Å². The molecule has 1 heterocycles. The maximum atomic E-state index is 11.9. The first kappa shape index (κ1) is 12.1. The Morgan fingerprint density at radius 1 is 1.47 bits per heavy atom. The molecular weight excluding hydrogens is 216 g/mol. The molecule has 17 heavy (non-hydrogen) atoms. The second-order valence-electron chi connectivity index (χ2n) is 4.72. The van der Waals surface area contributed by atoms with E-state index < -0.39 is 0 Å². The topological polar surface area (TPSA) is 61.4 Å². The average Bonchev–Trinajstić information content (AvgIpc) is 2.57. The molecule has 0 spiro atoms. The van der Waals surface area contributed by atoms with Crippen molar-refractivity contribution in [3.63, 3.8) is 0 Å². The molecule has 4 heteroatoms. The van der Waals surface area contributed by atoms with Gasteiger partial charge in [-0.25, -0.2) is 0 Å². The predicted molar refractivity (Wildman–Crippen MR) is 67.0 cm³/mol. The summed E-state index contributed by atoms with van der Waals surface area (Å²) >= 11 is 0. The van der Waals surface area contributed by atoms with Gasteiger partial charge in [0.25, 0.3) is 0 Å². The van der Waals surface area contributed by atoms with E-state index in [4.69, 9.17) is 5.11 Å². The zero-order chi connectivity index (χ0) is 12.6. The number of fused-ring (bicyclic) bond motifs is 1. The van der Waals surface area contributed by atoms with E-state index in [9.17, 15) is 4.79 Å². The fourth-order valence-corrected chi connectivity index (χ4v) is 2.24. The normalized spacial score (nSPS) is 20.0. The number of aliphatic hydroxyl groups excluding tert-OH is 1. The lowest BCUT2D eigenvalue weighted by molar-refractivity contribution is -0.117. The standard InChI is InChI=1S/C13H18N2O2/c1-7-4-8(2)11-10(5-7)12(13(17)15-11)14-9(3)6-16/h4-5,9,12,14,16H,6H2,1-3H3,(H,15,17). The largest absolute Gasteiger partial charge is 0.395 e. The second-order valence-corrected chi connectivity index (χ2v) is 4.72. The quantitative estimate of drug-likeness (QED) is 0.738. The SMILES string of the molecule is Cc1cc(C)c2c(c1)C(NC(C)CO)C(=O)N2. The highest BCUT2D eigenvalue weighted by Gasteiger charge is 2.32. The molecule has 0 aliphatic carbocycles. The van der Waals surface area contributed by atoms with Crippen molar-refractivity contribution < 1.29 is 9.90 Å². The molecule has 0 bridgehead atoms. The Balaban J connectivity index is 2.36. The number of amides is 1. The molecule has 2 rings (SSSR count). The summed E-state index contributed by atoms with van der Waals surface area (Å²) in [5.74, 6) is -0.0472. The van der Waals surface area contributed by atoms with Crippen molar-refractivity contribution in [1.29, 1.82) is 0 Å². The van der Waals surface area contributed by atoms with Crippen LogP contribution in [0, 0.1) is 13.8 Å². The van der Waals surface area contributed by atoms with Gasteiger partial charge >= 0.3 is 0 Å². The number of hydrogen-bond acceptors (Lipinski definition) is 3. The monoisotopic (exact) mass is 234 g/mol. The van der Waals surface area contributed by atoms with Crippen molar-refractivity contribution in [2.75, 3.05) is 11.9 Å². The fourth-order valence-electron chi connectivity index (χ4n) is 2.24. The highest BCUT2D eigenvalue weighted by Crippen LogP contribution is 2.34. The number of hydrogen-bond donors (Lipinski definition) is 3. The first-order chi connectivity index (χ1) is 8.02. The van der Waals surface area contributed by atoms with Gasteiger partial charge in [0, 0.05) is 17.3 Å². The lowest BCUT2D eigenvalue weighted by Gasteiger charge is -2.16. The molecule has 2 atom stereocenters. The Morgan fingerprint density at radius 3 is 2.82 bits per heavy atom. The lowest BCUT2D eigenvalue weighted by Crippen LogP contribution is -2.36. The number of benzene rings is 1. The minimum atomic E-state index is -0.356. The Kier molecular flexibility index (Phi) is 3.17. The number of anilines is 1. The summed E-state index contributed by atoms with van der Waals surface area (Å²) in [6, 6.07) is 3.61. The van der Waals surface area contributed by atoms with Gasteiger partial charge in [-0.1, -0.05) is 17.7 Å². The van der Waals surface area contributed by atoms with E-state index >= 15 is 0 Å². The summed E-state index contributed by atoms with van der Waals surface area (Å²) in [6.45, 7) is 5.88. The molecule has 0 saturated carbocycles. The maximum Gasteiger partial charge on any atom is 0.246 e. The van der Waals surface area contributed by atoms with E-state index in [2.05, 4.69) is 16.7 Å². The molecule has 1 aromatic rings. The first-order valence-corrected chi connectivity index (χ1v) is 5.82. The summed E-state index contributed by atoms with van der Waals surface area (Å²) in [6.07, 6.45) is 0. The Morgan fingerprint density at radius 2 is 2.18 bits per heavy atom. The van der Waals surface area contributed by atoms with Gasteiger partial charge in [-0.2, -0.15) is 0 Å². The van der Waals surface area contributed by atoms with E-state index in [0.29, 0.717) is 0 Å². The number of carbonyl (C=O) groups is 1. The molecule has 1 amide bonds. The van der Waals surface area contributed by atoms with E-state index in [1.807, 2.05) is 26.8 Å². The van der Waals surface area contributed by atoms with Gasteiger partial charge in [0.15, 0.2) is 0 Å². The van der Waals surface area contributed by atoms with Gasteiger partial charge in [0.05, 0.1) is 6.61 Å². The molecule has 92 valence electrons. The van der Waals surface area contributed by atoms with Gasteiger partial charge in [-0.3, -0.25) is 10.1 Å². The molecule has 4 nitrogen and oxygen atoms in total. The van der Waals surface area contributed by atoms with Gasteiger partial charge in [-0.05, 0) is 26.3 Å². The van der Waals surface area contributed by atoms with Crippen molar-refractivity contribution in [3.05, 3.63) is 28.8 Å². The lowest BCUT2D eigenvalue weighted by atomic mass is 10.0. The average molecular weight is 234 g/mol. The van der Waals surface area contributed by atoms with Crippen molar-refractivity contribution >= 4 is 11.6 Å². The van der Waals surface area contributed by atoms with Crippen LogP contribution in [0.5, 0.6) is 0 Å². The Bertz CT molecular complexity index is 457. The predicted octanol–water partition coefficient (Wildman–Crippen LogP) is 1.27. The number of aryl methyl sites for hydroxylation is 2. The molecule has 1 aliphatic heterocycles. The third-order valence-corrected chi connectivity index (χ3v) is 3.06. The maximum absolute atomic E-state index is 11.9. The van der Waals surface area contributed by atoms with Crippen LogP contribution in [0.3, 0.4) is 0 Å². The molecule has 1 aliphatic rings. The van der Waals surface area contributed by atoms with Crippen LogP contribution in [0.15, 0.2) is 12.1 Å². The molecular formula is C13H18N2O2. The van der Waals surface area contributed by atoms with Gasteiger partial charge in [0.2, 0.25) is 5.91 Å². The zero-order valence-corrected chi connectivity index (χ0v) is 10.4. The molecule has 3 N–H and O–H groups in total. The molecule has 0 saturated heterocycles. The van der Waals surface area contributed by atoms with Crippen LogP contribution in [0.25, 0.3) is 0 Å². The molecule has 0 aromatic heterocycles. The second kappa shape index (κ2) is 4.47. The van der Waals surface area contributed by atoms with Crippen molar-refractivity contribution in [3.8, 4) is 0 Å². The van der Waals surface area contributed by atoms with Crippen molar-refractivity contribution in [2.45, 2.75) is 32.9 Å². The Hall–Kier alpha value is -1.39. The number of rotatable bonds is 3. The van der Waals surface area contributed by atoms with Gasteiger partial charge in [0.1, 0.15) is 6.04 Å². The van der Waals surface area contributed by atoms with Crippen LogP contribution < -0.4 is 10.6 Å². The first-order valence-electron chi connectivity index (χ1n) is 5.82. The molecule has 2 unspecified atom stereocenters. The number of carbonyl (C=O) groups excluding carboxylic acids is 1. The number of aliphatic hydroxyl groups is 1. The summed E-state index contributed by atoms with van der Waals surface area (Å²) in [4.78, 5) is 11.9. The minimum absolute atomic E-state index is 0.0178. The Labute approximate surface area is 101 Å². The minimum Gasteiger partial charge on any atom is -0.395 e. The number of nitrogens with one attached hydrogen (secondary N) is 2. The summed E-state index contributed by atoms with van der Waals surface area (Å²) in [5.41, 5.74) is 4.10. The van der Waals surface area contributed by atoms with Crippen LogP contribution >= 0.6 is 0 Å². The van der Waals surface area contributed by atoms with E-state index in [-0.39, 0.29) is 24.6 Å². The third kappa shape index (κ3) is 2.18. The summed E-state index contributed by atoms with van der Waals surface area (Å²) in [5, 5.41) is 15.1. The highest BCUT2D eigenvalue weighted by molar-refractivity contribution is 6.03. The van der Waals surface area contributed by atoms with Gasteiger partial charge in [-0.15, -0.1) is 0 Å². The van der Waals surface area contributed by atoms with Crippen LogP contribution in [0.2, 0.25) is 0 Å². The van der Waals surface area contributed by atoms with Crippen LogP contribution in [0.4, 0.5) is 5.69 Å². The van der Waals surface area contributed by atoms with E-state index in [0.717, 1.165) is 22.4 Å². The van der Waals surface area contributed by atoms with Crippen LogP contribution in [-0.2, 0) is 4.79 Å². The molecule has 1 aromatic carbocycles. The summed E-state index contributed by atoms with van der Waals surface area (Å²) < 4.78 is 0. The smallest absolute Gasteiger partial charge is 0.246 e. The molecule has 0 fully saturated rings. The third-order valence-electron chi connectivity index (χ3n) is 3.06. The zero-order valence-electron chi connectivity index (χ0n) is 10.4. The van der Waals surface area contributed by atoms with Crippen LogP contribution in [-0.4, -0.2) is 23.7 Å². The highest BCUT2D eigenvalue weighted by atomic mass is 16.3. The van der Waals surface area contributed by atoms with Crippen LogP contribution in [0.1, 0.15) is 29.7 Å². The van der Waals surface area contributed by atoms with Crippen molar-refractivity contribution in [2.24, 2.45) is 0 Å². The van der Waals surface area contributed by atoms with Gasteiger partial charge < -0.3 is 10.4 Å². The fraction of sp³-hybridized carbons (Fsp3) is 0.462. The van der Waals surface area contributed by atoms with Crippen molar-refractivity contribution in [1.82, 2.24) is 5.32 Å². The van der Waals surface area contributed by atoms with E-state index in [1.165, 1.54) is 0 Å². The summed E-state index contributed by atoms with van der Waals surface area (Å²) in [7, 11) is 0.